The van der Waals surface area contributed by atoms with Crippen molar-refractivity contribution in [3.8, 4) is 0 Å². The van der Waals surface area contributed by atoms with Gasteiger partial charge in [0.1, 0.15) is 0 Å². The lowest BCUT2D eigenvalue weighted by atomic mass is 10.1. The van der Waals surface area contributed by atoms with E-state index in [4.69, 9.17) is 0 Å². The molecule has 0 aliphatic carbocycles. The molecule has 1 atom stereocenters. The first kappa shape index (κ1) is 15.6. The van der Waals surface area contributed by atoms with E-state index < -0.39 is 0 Å². The number of aryl methyl sites for hydroxylation is 1. The van der Waals surface area contributed by atoms with Gasteiger partial charge >= 0.3 is 0 Å². The molecule has 0 saturated heterocycles. The minimum absolute atomic E-state index is 0.157. The molecule has 1 heterocycles. The monoisotopic (exact) mass is 286 g/mol. The highest BCUT2D eigenvalue weighted by Crippen LogP contribution is 2.18. The van der Waals surface area contributed by atoms with E-state index in [1.165, 1.54) is 30.2 Å². The van der Waals surface area contributed by atoms with Gasteiger partial charge in [0.2, 0.25) is 5.91 Å². The summed E-state index contributed by atoms with van der Waals surface area (Å²) in [6.45, 7) is 4.30. The fourth-order valence-corrected chi connectivity index (χ4v) is 2.71. The van der Waals surface area contributed by atoms with Crippen LogP contribution in [0.4, 0.5) is 0 Å². The van der Waals surface area contributed by atoms with E-state index >= 15 is 0 Å². The highest BCUT2D eigenvalue weighted by atomic mass is 16.1. The molecular weight excluding hydrogens is 260 g/mol. The van der Waals surface area contributed by atoms with E-state index in [0.29, 0.717) is 6.42 Å². The van der Waals surface area contributed by atoms with E-state index in [1.807, 2.05) is 18.3 Å². The summed E-state index contributed by atoms with van der Waals surface area (Å²) in [7, 11) is 0. The van der Waals surface area contributed by atoms with E-state index in [9.17, 15) is 4.79 Å². The van der Waals surface area contributed by atoms with Crippen molar-refractivity contribution in [3.63, 3.8) is 0 Å². The summed E-state index contributed by atoms with van der Waals surface area (Å²) >= 11 is 0. The third-order valence-corrected chi connectivity index (χ3v) is 3.94. The Balaban J connectivity index is 1.78. The van der Waals surface area contributed by atoms with Crippen molar-refractivity contribution in [2.24, 2.45) is 0 Å². The Morgan fingerprint density at radius 2 is 2.10 bits per heavy atom. The molecule has 0 aliphatic heterocycles. The second-order valence-electron chi connectivity index (χ2n) is 5.82. The van der Waals surface area contributed by atoms with Crippen LogP contribution in [0.25, 0.3) is 10.9 Å². The van der Waals surface area contributed by atoms with E-state index in [-0.39, 0.29) is 11.9 Å². The van der Waals surface area contributed by atoms with Crippen LogP contribution >= 0.6 is 0 Å². The topological polar surface area (TPSA) is 44.9 Å². The predicted octanol–water partition coefficient (Wildman–Crippen LogP) is 4.19. The SMILES string of the molecule is CCCCC[C@H](C)NC(=O)CCc1c[nH]c2ccccc12. The summed E-state index contributed by atoms with van der Waals surface area (Å²) < 4.78 is 0. The Labute approximate surface area is 127 Å². The smallest absolute Gasteiger partial charge is 0.220 e. The van der Waals surface area contributed by atoms with Crippen LogP contribution in [0, 0.1) is 0 Å². The van der Waals surface area contributed by atoms with Gasteiger partial charge < -0.3 is 10.3 Å². The van der Waals surface area contributed by atoms with Crippen LogP contribution in [0.2, 0.25) is 0 Å². The van der Waals surface area contributed by atoms with Gasteiger partial charge in [-0.05, 0) is 31.4 Å². The van der Waals surface area contributed by atoms with Crippen molar-refractivity contribution in [1.29, 1.82) is 0 Å². The van der Waals surface area contributed by atoms with Crippen LogP contribution in [0.3, 0.4) is 0 Å². The number of benzene rings is 1. The fourth-order valence-electron chi connectivity index (χ4n) is 2.71. The summed E-state index contributed by atoms with van der Waals surface area (Å²) in [6, 6.07) is 8.51. The molecule has 0 saturated carbocycles. The van der Waals surface area contributed by atoms with E-state index in [0.717, 1.165) is 18.4 Å². The van der Waals surface area contributed by atoms with Crippen LogP contribution in [-0.2, 0) is 11.2 Å². The summed E-state index contributed by atoms with van der Waals surface area (Å²) in [5.41, 5.74) is 2.36. The van der Waals surface area contributed by atoms with Gasteiger partial charge in [0.15, 0.2) is 0 Å². The molecule has 2 N–H and O–H groups in total. The maximum atomic E-state index is 12.0. The number of nitrogens with one attached hydrogen (secondary N) is 2. The number of para-hydroxylation sites is 1. The van der Waals surface area contributed by atoms with Gasteiger partial charge in [-0.3, -0.25) is 4.79 Å². The van der Waals surface area contributed by atoms with E-state index in [1.54, 1.807) is 0 Å². The molecule has 2 aromatic rings. The second-order valence-corrected chi connectivity index (χ2v) is 5.82. The van der Waals surface area contributed by atoms with Crippen LogP contribution in [0.1, 0.15) is 51.5 Å². The minimum atomic E-state index is 0.157. The molecule has 0 spiro atoms. The maximum absolute atomic E-state index is 12.0. The average Bonchev–Trinajstić information content (AvgIpc) is 2.88. The van der Waals surface area contributed by atoms with Crippen molar-refractivity contribution in [1.82, 2.24) is 10.3 Å². The number of carbonyl (C=O) groups excluding carboxylic acids is 1. The van der Waals surface area contributed by atoms with Crippen LogP contribution in [-0.4, -0.2) is 16.9 Å². The van der Waals surface area contributed by atoms with Gasteiger partial charge in [-0.25, -0.2) is 0 Å². The molecule has 0 aliphatic rings. The Kier molecular flexibility index (Phi) is 5.85. The van der Waals surface area contributed by atoms with Crippen LogP contribution < -0.4 is 5.32 Å². The van der Waals surface area contributed by atoms with Gasteiger partial charge in [-0.2, -0.15) is 0 Å². The minimum Gasteiger partial charge on any atom is -0.361 e. The number of carbonyl (C=O) groups is 1. The summed E-state index contributed by atoms with van der Waals surface area (Å²) in [6.07, 6.45) is 8.10. The lowest BCUT2D eigenvalue weighted by Gasteiger charge is -2.13. The first-order valence-corrected chi connectivity index (χ1v) is 8.05. The number of unbranched alkanes of at least 4 members (excludes halogenated alkanes) is 2. The Bertz CT molecular complexity index is 573. The Morgan fingerprint density at radius 1 is 1.29 bits per heavy atom. The molecule has 1 aromatic heterocycles. The molecular formula is C18H26N2O. The van der Waals surface area contributed by atoms with Crippen LogP contribution in [0.15, 0.2) is 30.5 Å². The van der Waals surface area contributed by atoms with Crippen molar-refractivity contribution < 1.29 is 4.79 Å². The number of rotatable bonds is 8. The zero-order valence-corrected chi connectivity index (χ0v) is 13.1. The number of aromatic amines is 1. The Morgan fingerprint density at radius 3 is 2.90 bits per heavy atom. The molecule has 114 valence electrons. The molecule has 1 aromatic carbocycles. The number of amides is 1. The number of hydrogen-bond acceptors (Lipinski definition) is 1. The number of hydrogen-bond donors (Lipinski definition) is 2. The van der Waals surface area contributed by atoms with Crippen molar-refractivity contribution in [2.75, 3.05) is 0 Å². The molecule has 3 nitrogen and oxygen atoms in total. The first-order valence-electron chi connectivity index (χ1n) is 8.05. The number of aromatic nitrogens is 1. The normalized spacial score (nSPS) is 12.5. The summed E-state index contributed by atoms with van der Waals surface area (Å²) in [5.74, 6) is 0.157. The van der Waals surface area contributed by atoms with Gasteiger partial charge in [-0.1, -0.05) is 44.4 Å². The lowest BCUT2D eigenvalue weighted by Crippen LogP contribution is -2.32. The summed E-state index contributed by atoms with van der Waals surface area (Å²) in [5, 5.41) is 4.32. The largest absolute Gasteiger partial charge is 0.361 e. The van der Waals surface area contributed by atoms with Crippen LogP contribution in [0.5, 0.6) is 0 Å². The fraction of sp³-hybridized carbons (Fsp3) is 0.500. The second kappa shape index (κ2) is 7.87. The zero-order valence-electron chi connectivity index (χ0n) is 13.1. The summed E-state index contributed by atoms with van der Waals surface area (Å²) in [4.78, 5) is 15.3. The Hall–Kier alpha value is -1.77. The third-order valence-electron chi connectivity index (χ3n) is 3.94. The average molecular weight is 286 g/mol. The van der Waals surface area contributed by atoms with Gasteiger partial charge in [0.25, 0.3) is 0 Å². The number of H-pyrrole nitrogens is 1. The number of fused-ring (bicyclic) bond motifs is 1. The van der Waals surface area contributed by atoms with Gasteiger partial charge in [0.05, 0.1) is 0 Å². The molecule has 3 heteroatoms. The van der Waals surface area contributed by atoms with Gasteiger partial charge in [0, 0.05) is 29.6 Å². The van der Waals surface area contributed by atoms with E-state index in [2.05, 4.69) is 36.3 Å². The zero-order chi connectivity index (χ0) is 15.1. The lowest BCUT2D eigenvalue weighted by molar-refractivity contribution is -0.121. The van der Waals surface area contributed by atoms with Crippen molar-refractivity contribution >= 4 is 16.8 Å². The maximum Gasteiger partial charge on any atom is 0.220 e. The highest BCUT2D eigenvalue weighted by Gasteiger charge is 2.09. The van der Waals surface area contributed by atoms with Gasteiger partial charge in [-0.15, -0.1) is 0 Å². The first-order chi connectivity index (χ1) is 10.2. The standard InChI is InChI=1S/C18H26N2O/c1-3-4-5-8-14(2)20-18(21)12-11-15-13-19-17-10-7-6-9-16(15)17/h6-7,9-10,13-14,19H,3-5,8,11-12H2,1-2H3,(H,20,21)/t14-/m0/s1. The van der Waals surface area contributed by atoms with Crippen molar-refractivity contribution in [3.05, 3.63) is 36.0 Å². The quantitative estimate of drug-likeness (QED) is 0.702. The predicted molar refractivity (Wildman–Crippen MR) is 88.4 cm³/mol. The molecule has 2 rings (SSSR count). The highest BCUT2D eigenvalue weighted by molar-refractivity contribution is 5.84. The molecule has 0 fully saturated rings. The third kappa shape index (κ3) is 4.62. The molecule has 0 unspecified atom stereocenters. The molecule has 1 amide bonds. The molecule has 0 bridgehead atoms. The molecule has 0 radical (unpaired) electrons. The molecule has 21 heavy (non-hydrogen) atoms. The van der Waals surface area contributed by atoms with Crippen molar-refractivity contribution in [2.45, 2.75) is 58.4 Å².